The van der Waals surface area contributed by atoms with Gasteiger partial charge in [-0.1, -0.05) is 45.7 Å². The molecule has 2 aliphatic carbocycles. The zero-order chi connectivity index (χ0) is 9.85. The van der Waals surface area contributed by atoms with Crippen molar-refractivity contribution in [1.29, 1.82) is 0 Å². The van der Waals surface area contributed by atoms with Crippen LogP contribution in [0, 0.1) is 16.7 Å². The predicted molar refractivity (Wildman–Crippen MR) is 60.5 cm³/mol. The van der Waals surface area contributed by atoms with Crippen molar-refractivity contribution in [3.63, 3.8) is 0 Å². The Morgan fingerprint density at radius 2 is 2.15 bits per heavy atom. The molecule has 74 valence electrons. The molecule has 0 amide bonds. The zero-order valence-corrected chi connectivity index (χ0v) is 11.1. The number of rotatable bonds is 1. The van der Waals surface area contributed by atoms with E-state index in [0.717, 1.165) is 11.8 Å². The van der Waals surface area contributed by atoms with Crippen LogP contribution in [-0.2, 0) is 4.79 Å². The molecule has 0 saturated heterocycles. The highest BCUT2D eigenvalue weighted by molar-refractivity contribution is 9.10. The van der Waals surface area contributed by atoms with Crippen LogP contribution < -0.4 is 0 Å². The van der Waals surface area contributed by atoms with Crippen LogP contribution in [0.15, 0.2) is 0 Å². The number of fused-ring (bicyclic) bond motifs is 2. The number of ketones is 1. The van der Waals surface area contributed by atoms with Gasteiger partial charge in [-0.3, -0.25) is 4.79 Å². The van der Waals surface area contributed by atoms with Crippen LogP contribution in [0.1, 0.15) is 26.7 Å². The average molecular weight is 310 g/mol. The number of carbonyl (C=O) groups is 1. The van der Waals surface area contributed by atoms with Gasteiger partial charge in [-0.15, -0.1) is 0 Å². The molecule has 2 bridgehead atoms. The molecule has 3 atom stereocenters. The number of carbonyl (C=O) groups excluding carboxylic acids is 1. The summed E-state index contributed by atoms with van der Waals surface area (Å²) in [5, 5.41) is 0.824. The summed E-state index contributed by atoms with van der Waals surface area (Å²) in [7, 11) is 0. The Balaban J connectivity index is 2.50. The second-order valence-electron chi connectivity index (χ2n) is 4.85. The molecular formula is C10H14Br2O. The van der Waals surface area contributed by atoms with E-state index in [0.29, 0.717) is 11.7 Å². The van der Waals surface area contributed by atoms with Gasteiger partial charge in [-0.25, -0.2) is 0 Å². The second kappa shape index (κ2) is 2.82. The molecule has 0 heterocycles. The molecule has 2 aliphatic rings. The first-order valence-electron chi connectivity index (χ1n) is 4.72. The standard InChI is InChI=1S/C10H14Br2O/c1-9(2)6-3-4-10(9,5-11)8(13)7(6)12/h6-7H,3-5H2,1-2H3/t6-,7-,10-/m1/s1. The summed E-state index contributed by atoms with van der Waals surface area (Å²) in [4.78, 5) is 12.2. The van der Waals surface area contributed by atoms with Gasteiger partial charge in [0.05, 0.1) is 4.83 Å². The van der Waals surface area contributed by atoms with Crippen LogP contribution in [0.25, 0.3) is 0 Å². The minimum atomic E-state index is -0.0914. The van der Waals surface area contributed by atoms with Gasteiger partial charge in [0.15, 0.2) is 5.78 Å². The van der Waals surface area contributed by atoms with Gasteiger partial charge in [0.1, 0.15) is 0 Å². The van der Waals surface area contributed by atoms with Gasteiger partial charge in [0.2, 0.25) is 0 Å². The molecule has 0 aliphatic heterocycles. The molecule has 1 nitrogen and oxygen atoms in total. The first-order valence-corrected chi connectivity index (χ1v) is 6.75. The molecular weight excluding hydrogens is 296 g/mol. The molecule has 13 heavy (non-hydrogen) atoms. The van der Waals surface area contributed by atoms with Crippen molar-refractivity contribution in [2.45, 2.75) is 31.5 Å². The lowest BCUT2D eigenvalue weighted by molar-refractivity contribution is -0.127. The molecule has 0 spiro atoms. The Morgan fingerprint density at radius 3 is 2.46 bits per heavy atom. The summed E-state index contributed by atoms with van der Waals surface area (Å²) < 4.78 is 0. The van der Waals surface area contributed by atoms with Crippen molar-refractivity contribution in [2.75, 3.05) is 5.33 Å². The Kier molecular flexibility index (Phi) is 2.20. The van der Waals surface area contributed by atoms with E-state index in [2.05, 4.69) is 45.7 Å². The maximum Gasteiger partial charge on any atom is 0.154 e. The minimum Gasteiger partial charge on any atom is -0.298 e. The van der Waals surface area contributed by atoms with Crippen LogP contribution in [-0.4, -0.2) is 15.9 Å². The number of hydrogen-bond donors (Lipinski definition) is 0. The zero-order valence-electron chi connectivity index (χ0n) is 7.94. The minimum absolute atomic E-state index is 0.0914. The maximum absolute atomic E-state index is 12.1. The summed E-state index contributed by atoms with van der Waals surface area (Å²) >= 11 is 7.06. The second-order valence-corrected chi connectivity index (χ2v) is 6.40. The molecule has 0 N–H and O–H groups in total. The normalized spacial score (nSPS) is 47.2. The van der Waals surface area contributed by atoms with Crippen LogP contribution in [0.5, 0.6) is 0 Å². The fourth-order valence-electron chi connectivity index (χ4n) is 3.14. The Labute approximate surface area is 95.9 Å². The van der Waals surface area contributed by atoms with Crippen LogP contribution in [0.2, 0.25) is 0 Å². The van der Waals surface area contributed by atoms with Gasteiger partial charge in [0.25, 0.3) is 0 Å². The Hall–Kier alpha value is 0.630. The SMILES string of the molecule is CC1(C)[C@@H]2CC[C@@]1(CBr)C(=O)[C@@H]2Br. The molecule has 2 fully saturated rings. The van der Waals surface area contributed by atoms with Crippen LogP contribution in [0.4, 0.5) is 0 Å². The first kappa shape index (κ1) is 10.2. The average Bonchev–Trinajstić information content (AvgIpc) is 2.41. The Morgan fingerprint density at radius 1 is 1.54 bits per heavy atom. The van der Waals surface area contributed by atoms with Crippen LogP contribution >= 0.6 is 31.9 Å². The van der Waals surface area contributed by atoms with Crippen molar-refractivity contribution >= 4 is 37.6 Å². The van der Waals surface area contributed by atoms with Crippen molar-refractivity contribution in [2.24, 2.45) is 16.7 Å². The molecule has 2 saturated carbocycles. The van der Waals surface area contributed by atoms with Gasteiger partial charge in [-0.2, -0.15) is 0 Å². The highest BCUT2D eigenvalue weighted by atomic mass is 79.9. The van der Waals surface area contributed by atoms with E-state index >= 15 is 0 Å². The van der Waals surface area contributed by atoms with E-state index in [1.54, 1.807) is 0 Å². The number of halogens is 2. The summed E-state index contributed by atoms with van der Waals surface area (Å²) in [6.07, 6.45) is 2.26. The highest BCUT2D eigenvalue weighted by Crippen LogP contribution is 2.65. The van der Waals surface area contributed by atoms with Crippen molar-refractivity contribution < 1.29 is 4.79 Å². The predicted octanol–water partition coefficient (Wildman–Crippen LogP) is 3.15. The van der Waals surface area contributed by atoms with E-state index in [1.807, 2.05) is 0 Å². The van der Waals surface area contributed by atoms with E-state index in [9.17, 15) is 4.79 Å². The fourth-order valence-corrected chi connectivity index (χ4v) is 5.79. The van der Waals surface area contributed by atoms with Gasteiger partial charge >= 0.3 is 0 Å². The third-order valence-corrected chi connectivity index (χ3v) is 6.36. The number of hydrogen-bond acceptors (Lipinski definition) is 1. The molecule has 3 heteroatoms. The highest BCUT2D eigenvalue weighted by Gasteiger charge is 2.67. The molecule has 0 aromatic heterocycles. The topological polar surface area (TPSA) is 17.1 Å². The summed E-state index contributed by atoms with van der Waals surface area (Å²) in [5.74, 6) is 0.961. The Bertz CT molecular complexity index is 262. The van der Waals surface area contributed by atoms with Gasteiger partial charge in [0, 0.05) is 10.7 Å². The lowest BCUT2D eigenvalue weighted by Gasteiger charge is -2.34. The van der Waals surface area contributed by atoms with Crippen molar-refractivity contribution in [1.82, 2.24) is 0 Å². The summed E-state index contributed by atoms with van der Waals surface area (Å²) in [6.45, 7) is 4.48. The number of Topliss-reactive ketones (excluding diaryl/α,β-unsaturated/α-hetero) is 1. The lowest BCUT2D eigenvalue weighted by atomic mass is 9.70. The van der Waals surface area contributed by atoms with Gasteiger partial charge < -0.3 is 0 Å². The quantitative estimate of drug-likeness (QED) is 0.680. The molecule has 0 radical (unpaired) electrons. The third-order valence-electron chi connectivity index (χ3n) is 4.35. The van der Waals surface area contributed by atoms with Gasteiger partial charge in [-0.05, 0) is 24.2 Å². The summed E-state index contributed by atoms with van der Waals surface area (Å²) in [6, 6.07) is 0. The molecule has 2 rings (SSSR count). The van der Waals surface area contributed by atoms with Crippen LogP contribution in [0.3, 0.4) is 0 Å². The lowest BCUT2D eigenvalue weighted by Crippen LogP contribution is -2.38. The molecule has 0 aromatic rings. The molecule has 0 unspecified atom stereocenters. The van der Waals surface area contributed by atoms with Crippen molar-refractivity contribution in [3.05, 3.63) is 0 Å². The van der Waals surface area contributed by atoms with E-state index < -0.39 is 0 Å². The fraction of sp³-hybridized carbons (Fsp3) is 0.900. The number of alkyl halides is 2. The first-order chi connectivity index (χ1) is 5.97. The van der Waals surface area contributed by atoms with E-state index in [4.69, 9.17) is 0 Å². The van der Waals surface area contributed by atoms with E-state index in [-0.39, 0.29) is 15.7 Å². The largest absolute Gasteiger partial charge is 0.298 e. The molecule has 0 aromatic carbocycles. The smallest absolute Gasteiger partial charge is 0.154 e. The third kappa shape index (κ3) is 0.956. The maximum atomic E-state index is 12.1. The monoisotopic (exact) mass is 308 g/mol. The van der Waals surface area contributed by atoms with E-state index in [1.165, 1.54) is 6.42 Å². The summed E-state index contributed by atoms with van der Waals surface area (Å²) in [5.41, 5.74) is 0.0770. The van der Waals surface area contributed by atoms with Crippen molar-refractivity contribution in [3.8, 4) is 0 Å².